The topological polar surface area (TPSA) is 257 Å². The number of carboxylic acids is 1. The van der Waals surface area contributed by atoms with Crippen LogP contribution in [0.5, 0.6) is 0 Å². The smallest absolute Gasteiger partial charge is 0.305 e. The van der Waals surface area contributed by atoms with E-state index >= 15 is 0 Å². The van der Waals surface area contributed by atoms with Crippen molar-refractivity contribution in [2.75, 3.05) is 89.4 Å². The molecule has 0 spiro atoms. The maximum atomic E-state index is 12.3. The Hall–Kier alpha value is -4.03. The van der Waals surface area contributed by atoms with Crippen LogP contribution in [0, 0.1) is 0 Å². The molecule has 0 bridgehead atoms. The number of carboxylic acid groups (broad SMARTS) is 1. The first kappa shape index (κ1) is 48.6. The molecule has 1 aromatic carbocycles. The van der Waals surface area contributed by atoms with E-state index in [0.29, 0.717) is 55.6 Å². The van der Waals surface area contributed by atoms with Crippen molar-refractivity contribution in [3.63, 3.8) is 0 Å². The molecule has 2 heterocycles. The predicted octanol–water partition coefficient (Wildman–Crippen LogP) is 3.20. The molecule has 1 unspecified atom stereocenters. The van der Waals surface area contributed by atoms with Crippen molar-refractivity contribution < 1.29 is 72.2 Å². The fourth-order valence-corrected chi connectivity index (χ4v) is 8.38. The van der Waals surface area contributed by atoms with E-state index in [-0.39, 0.29) is 63.6 Å². The zero-order valence-electron chi connectivity index (χ0n) is 33.5. The molecule has 4 N–H and O–H groups in total. The lowest BCUT2D eigenvalue weighted by Gasteiger charge is -2.30. The zero-order valence-corrected chi connectivity index (χ0v) is 35.9. The SMILES string of the molecule is COCCOCC[N+](CCCS(=O)(=O)O)=c1ccc2c(C=CC=C3N(CCOCCOCCC(=O)O)c4ccc(S(=O)(=O)O)cc4C3(C)CCCS(=O)(=O)O)ccoc-2c1. The minimum absolute atomic E-state index is 0.0171. The van der Waals surface area contributed by atoms with Gasteiger partial charge in [0.2, 0.25) is 5.36 Å². The number of hydrogen-bond donors (Lipinski definition) is 4. The summed E-state index contributed by atoms with van der Waals surface area (Å²) < 4.78 is 129. The summed E-state index contributed by atoms with van der Waals surface area (Å²) in [5, 5.41) is 9.55. The number of anilines is 1. The lowest BCUT2D eigenvalue weighted by molar-refractivity contribution is -0.138. The number of fused-ring (bicyclic) bond motifs is 2. The van der Waals surface area contributed by atoms with Gasteiger partial charge in [0.05, 0.1) is 74.8 Å². The van der Waals surface area contributed by atoms with Gasteiger partial charge in [0.1, 0.15) is 18.9 Å². The van der Waals surface area contributed by atoms with Crippen LogP contribution in [0.3, 0.4) is 0 Å². The molecule has 1 atom stereocenters. The van der Waals surface area contributed by atoms with Crippen LogP contribution in [0.2, 0.25) is 0 Å². The third kappa shape index (κ3) is 14.9. The van der Waals surface area contributed by atoms with Gasteiger partial charge in [0.25, 0.3) is 30.4 Å². The minimum Gasteiger partial charge on any atom is -0.481 e. The number of allylic oxidation sites excluding steroid dienone is 3. The van der Waals surface area contributed by atoms with Crippen molar-refractivity contribution in [3.05, 3.63) is 83.1 Å². The number of rotatable bonds is 26. The second-order valence-corrected chi connectivity index (χ2v) is 18.7. The Morgan fingerprint density at radius 1 is 0.833 bits per heavy atom. The fourth-order valence-electron chi connectivity index (χ4n) is 6.87. The molecule has 0 radical (unpaired) electrons. The van der Waals surface area contributed by atoms with E-state index in [1.165, 1.54) is 18.4 Å². The minimum atomic E-state index is -4.61. The molecule has 60 heavy (non-hydrogen) atoms. The molecule has 3 aliphatic rings. The number of benzene rings is 2. The predicted molar refractivity (Wildman–Crippen MR) is 222 cm³/mol. The van der Waals surface area contributed by atoms with Gasteiger partial charge in [-0.05, 0) is 67.3 Å². The van der Waals surface area contributed by atoms with E-state index in [4.69, 9.17) is 28.5 Å². The Bertz CT molecular complexity index is 2360. The highest BCUT2D eigenvalue weighted by Gasteiger charge is 2.43. The van der Waals surface area contributed by atoms with Crippen molar-refractivity contribution in [2.45, 2.75) is 42.9 Å². The molecule has 0 fully saturated rings. The Morgan fingerprint density at radius 2 is 1.52 bits per heavy atom. The van der Waals surface area contributed by atoms with Gasteiger partial charge in [-0.25, -0.2) is 4.58 Å². The third-order valence-electron chi connectivity index (χ3n) is 9.76. The average molecular weight is 902 g/mol. The van der Waals surface area contributed by atoms with Crippen molar-refractivity contribution in [2.24, 2.45) is 0 Å². The van der Waals surface area contributed by atoms with Gasteiger partial charge in [-0.1, -0.05) is 12.2 Å². The summed E-state index contributed by atoms with van der Waals surface area (Å²) in [6.45, 7) is 4.49. The van der Waals surface area contributed by atoms with Crippen molar-refractivity contribution in [1.29, 1.82) is 0 Å². The van der Waals surface area contributed by atoms with Gasteiger partial charge in [0.15, 0.2) is 6.54 Å². The Kier molecular flexibility index (Phi) is 18.0. The normalized spacial score (nSPS) is 17.2. The number of ether oxygens (including phenoxy) is 4. The number of carbonyl (C=O) groups is 1. The summed E-state index contributed by atoms with van der Waals surface area (Å²) in [5.41, 5.74) is 2.24. The first-order valence-corrected chi connectivity index (χ1v) is 23.7. The molecular weight excluding hydrogens is 849 g/mol. The second kappa shape index (κ2) is 22.2. The fraction of sp³-hybridized carbons (Fsp3) is 0.487. The first-order chi connectivity index (χ1) is 28.3. The zero-order chi connectivity index (χ0) is 44.0. The highest BCUT2D eigenvalue weighted by atomic mass is 32.2. The number of methoxy groups -OCH3 is 1. The van der Waals surface area contributed by atoms with E-state index in [9.17, 15) is 43.7 Å². The summed E-state index contributed by atoms with van der Waals surface area (Å²) in [4.78, 5) is 12.3. The van der Waals surface area contributed by atoms with E-state index in [1.807, 2.05) is 46.8 Å². The largest absolute Gasteiger partial charge is 0.481 e. The first-order valence-electron chi connectivity index (χ1n) is 19.0. The van der Waals surface area contributed by atoms with Gasteiger partial charge in [-0.2, -0.15) is 25.3 Å². The summed E-state index contributed by atoms with van der Waals surface area (Å²) in [6, 6.07) is 11.5. The van der Waals surface area contributed by atoms with Gasteiger partial charge < -0.3 is 33.4 Å². The molecule has 332 valence electrons. The molecule has 0 amide bonds. The second-order valence-electron chi connectivity index (χ2n) is 14.1. The van der Waals surface area contributed by atoms with E-state index < -0.39 is 53.2 Å². The van der Waals surface area contributed by atoms with E-state index in [1.54, 1.807) is 25.3 Å². The maximum Gasteiger partial charge on any atom is 0.305 e. The van der Waals surface area contributed by atoms with Gasteiger partial charge in [-0.15, -0.1) is 0 Å². The lowest BCUT2D eigenvalue weighted by Crippen LogP contribution is -2.34. The summed E-state index contributed by atoms with van der Waals surface area (Å²) in [6.07, 6.45) is 7.18. The van der Waals surface area contributed by atoms with Crippen LogP contribution in [-0.2, 0) is 59.5 Å². The molecule has 0 saturated heterocycles. The van der Waals surface area contributed by atoms with E-state index in [0.717, 1.165) is 16.5 Å². The highest BCUT2D eigenvalue weighted by molar-refractivity contribution is 7.86. The van der Waals surface area contributed by atoms with Crippen LogP contribution in [0.15, 0.2) is 75.9 Å². The Morgan fingerprint density at radius 3 is 2.20 bits per heavy atom. The average Bonchev–Trinajstić information content (AvgIpc) is 3.39. The molecular formula is C39H53N2O16S3+. The summed E-state index contributed by atoms with van der Waals surface area (Å²) >= 11 is 0. The standard InChI is InChI=1S/C39H52N2O16S3/c1-39(14-4-26-58(44,45)46)34-29-32(60(50,51)52)9-11-35(34)41(17-21-56-25-24-54-18-13-38(42)43)37(39)7-3-6-30-12-19-57-36-28-31(8-10-33(30)36)40(15-5-27-59(47,48)49)16-20-55-23-22-53-2/h3,6-12,19,28-29H,4-5,13-18,20-27H2,1-2H3,(H3-,42,43,44,45,46,47,48,49,50,51,52)/p+1. The Balaban J connectivity index is 1.71. The number of aliphatic carboxylic acids is 1. The van der Waals surface area contributed by atoms with Crippen molar-refractivity contribution in [3.8, 4) is 11.3 Å². The molecule has 0 saturated carbocycles. The van der Waals surface area contributed by atoms with Gasteiger partial charge >= 0.3 is 5.97 Å². The van der Waals surface area contributed by atoms with Gasteiger partial charge in [-0.3, -0.25) is 18.5 Å². The molecule has 18 nitrogen and oxygen atoms in total. The number of hydrogen-bond acceptors (Lipinski definition) is 13. The number of nitrogens with zero attached hydrogens (tertiary/aromatic N) is 2. The van der Waals surface area contributed by atoms with Crippen LogP contribution in [0.25, 0.3) is 17.4 Å². The molecule has 1 aromatic rings. The molecule has 21 heteroatoms. The third-order valence-corrected chi connectivity index (χ3v) is 12.2. The summed E-state index contributed by atoms with van der Waals surface area (Å²) in [5.74, 6) is -1.40. The van der Waals surface area contributed by atoms with Crippen molar-refractivity contribution >= 4 is 48.1 Å². The molecule has 1 aliphatic carbocycles. The van der Waals surface area contributed by atoms with Crippen molar-refractivity contribution in [1.82, 2.24) is 4.58 Å². The van der Waals surface area contributed by atoms with Gasteiger partial charge in [0, 0.05) is 48.5 Å². The molecule has 0 aromatic heterocycles. The Labute approximate surface area is 350 Å². The van der Waals surface area contributed by atoms with Crippen LogP contribution in [-0.4, -0.2) is 134 Å². The lowest BCUT2D eigenvalue weighted by atomic mass is 9.77. The van der Waals surface area contributed by atoms with Crippen LogP contribution in [0.1, 0.15) is 43.7 Å². The maximum absolute atomic E-state index is 12.3. The monoisotopic (exact) mass is 901 g/mol. The van der Waals surface area contributed by atoms with Crippen LogP contribution < -0.4 is 14.8 Å². The van der Waals surface area contributed by atoms with E-state index in [2.05, 4.69) is 0 Å². The van der Waals surface area contributed by atoms with Crippen LogP contribution >= 0.6 is 0 Å². The quantitative estimate of drug-likeness (QED) is 0.0512. The molecule has 2 aliphatic heterocycles. The summed E-state index contributed by atoms with van der Waals surface area (Å²) in [7, 11) is -11.5. The van der Waals surface area contributed by atoms with Crippen LogP contribution in [0.4, 0.5) is 5.69 Å². The highest BCUT2D eigenvalue weighted by Crippen LogP contribution is 2.51. The molecule has 4 rings (SSSR count).